The largest absolute Gasteiger partial charge is 0.497 e. The molecule has 2 rings (SSSR count). The molecule has 0 aliphatic heterocycles. The Kier molecular flexibility index (Phi) is 7.13. The second-order valence-corrected chi connectivity index (χ2v) is 8.00. The summed E-state index contributed by atoms with van der Waals surface area (Å²) >= 11 is 0. The molecule has 8 nitrogen and oxygen atoms in total. The highest BCUT2D eigenvalue weighted by Crippen LogP contribution is 2.30. The molecule has 0 unspecified atom stereocenters. The molecule has 0 saturated carbocycles. The zero-order valence-electron chi connectivity index (χ0n) is 16.2. The molecule has 1 amide bonds. The second-order valence-electron chi connectivity index (χ2n) is 5.99. The summed E-state index contributed by atoms with van der Waals surface area (Å²) in [4.78, 5) is 12.0. The summed E-state index contributed by atoms with van der Waals surface area (Å²) in [5.74, 6) is -0.0534. The van der Waals surface area contributed by atoms with E-state index in [1.807, 2.05) is 31.2 Å². The summed E-state index contributed by atoms with van der Waals surface area (Å²) in [6.45, 7) is 1.54. The van der Waals surface area contributed by atoms with Gasteiger partial charge in [0.2, 0.25) is 10.0 Å². The van der Waals surface area contributed by atoms with E-state index in [0.717, 1.165) is 15.4 Å². The molecular formula is C19H23N3O5S. The van der Waals surface area contributed by atoms with Crippen molar-refractivity contribution in [2.75, 3.05) is 27.8 Å². The number of nitrogens with zero attached hydrogens (tertiary/aromatic N) is 2. The molecule has 0 aliphatic carbocycles. The molecule has 28 heavy (non-hydrogen) atoms. The Bertz CT molecular complexity index is 973. The number of hydrazone groups is 1. The molecule has 2 aromatic rings. The van der Waals surface area contributed by atoms with Crippen LogP contribution in [0.5, 0.6) is 11.5 Å². The fourth-order valence-corrected chi connectivity index (χ4v) is 3.70. The maximum atomic E-state index is 12.8. The first-order valence-electron chi connectivity index (χ1n) is 8.35. The molecule has 0 atom stereocenters. The van der Waals surface area contributed by atoms with E-state index in [1.54, 1.807) is 6.07 Å². The Morgan fingerprint density at radius 2 is 1.93 bits per heavy atom. The van der Waals surface area contributed by atoms with Gasteiger partial charge in [-0.1, -0.05) is 29.8 Å². The van der Waals surface area contributed by atoms with Gasteiger partial charge in [0.25, 0.3) is 5.91 Å². The Morgan fingerprint density at radius 3 is 2.57 bits per heavy atom. The van der Waals surface area contributed by atoms with Crippen LogP contribution in [0.15, 0.2) is 52.5 Å². The number of carbonyl (C=O) groups excluding carboxylic acids is 1. The lowest BCUT2D eigenvalue weighted by atomic mass is 10.2. The molecule has 0 heterocycles. The standard InChI is InChI=1S/C19H23N3O5S/c1-14-6-5-7-15(10-14)12-20-21-19(23)13-22(2)28(24,25)18-11-16(26-3)8-9-17(18)27-4/h5-12H,13H2,1-4H3,(H,21,23)/b20-12+. The zero-order valence-corrected chi connectivity index (χ0v) is 17.0. The number of benzene rings is 2. The number of sulfonamides is 1. The van der Waals surface area contributed by atoms with Gasteiger partial charge in [-0.3, -0.25) is 4.79 Å². The minimum atomic E-state index is -3.98. The van der Waals surface area contributed by atoms with Gasteiger partial charge < -0.3 is 9.47 Å². The van der Waals surface area contributed by atoms with Crippen LogP contribution in [0.25, 0.3) is 0 Å². The van der Waals surface area contributed by atoms with Gasteiger partial charge in [0.1, 0.15) is 16.4 Å². The molecule has 0 bridgehead atoms. The zero-order chi connectivity index (χ0) is 20.7. The Hall–Kier alpha value is -2.91. The highest BCUT2D eigenvalue weighted by molar-refractivity contribution is 7.89. The van der Waals surface area contributed by atoms with Crippen LogP contribution in [-0.4, -0.2) is 52.7 Å². The summed E-state index contributed by atoms with van der Waals surface area (Å²) in [6.07, 6.45) is 1.49. The first kappa shape index (κ1) is 21.4. The summed E-state index contributed by atoms with van der Waals surface area (Å²) in [6, 6.07) is 12.0. The number of nitrogens with one attached hydrogen (secondary N) is 1. The molecule has 0 spiro atoms. The SMILES string of the molecule is COc1ccc(OC)c(S(=O)(=O)N(C)CC(=O)N/N=C/c2cccc(C)c2)c1. The van der Waals surface area contributed by atoms with Crippen LogP contribution >= 0.6 is 0 Å². The monoisotopic (exact) mass is 405 g/mol. The Morgan fingerprint density at radius 1 is 1.18 bits per heavy atom. The summed E-state index contributed by atoms with van der Waals surface area (Å²) in [5, 5.41) is 3.86. The quantitative estimate of drug-likeness (QED) is 0.533. The van der Waals surface area contributed by atoms with Gasteiger partial charge >= 0.3 is 0 Å². The molecule has 0 aromatic heterocycles. The average molecular weight is 405 g/mol. The maximum Gasteiger partial charge on any atom is 0.255 e. The van der Waals surface area contributed by atoms with E-state index in [2.05, 4.69) is 10.5 Å². The van der Waals surface area contributed by atoms with Gasteiger partial charge in [-0.25, -0.2) is 13.8 Å². The van der Waals surface area contributed by atoms with Crippen molar-refractivity contribution in [1.82, 2.24) is 9.73 Å². The van der Waals surface area contributed by atoms with Crippen molar-refractivity contribution in [3.05, 3.63) is 53.6 Å². The molecule has 1 N–H and O–H groups in total. The molecule has 0 aliphatic rings. The van der Waals surface area contributed by atoms with Crippen LogP contribution in [0, 0.1) is 6.92 Å². The first-order chi connectivity index (χ1) is 13.3. The van der Waals surface area contributed by atoms with Crippen molar-refractivity contribution >= 4 is 22.1 Å². The smallest absolute Gasteiger partial charge is 0.255 e. The normalized spacial score (nSPS) is 11.6. The number of methoxy groups -OCH3 is 2. The predicted octanol–water partition coefficient (Wildman–Crippen LogP) is 1.78. The van der Waals surface area contributed by atoms with Crippen LogP contribution < -0.4 is 14.9 Å². The van der Waals surface area contributed by atoms with E-state index in [9.17, 15) is 13.2 Å². The Labute approximate surface area is 164 Å². The van der Waals surface area contributed by atoms with Gasteiger partial charge in [-0.15, -0.1) is 0 Å². The van der Waals surface area contributed by atoms with Crippen molar-refractivity contribution in [1.29, 1.82) is 0 Å². The topological polar surface area (TPSA) is 97.3 Å². The molecular weight excluding hydrogens is 382 g/mol. The van der Waals surface area contributed by atoms with Crippen molar-refractivity contribution in [2.24, 2.45) is 5.10 Å². The van der Waals surface area contributed by atoms with Gasteiger partial charge in [-0.2, -0.15) is 9.41 Å². The molecule has 0 fully saturated rings. The van der Waals surface area contributed by atoms with Crippen molar-refractivity contribution in [2.45, 2.75) is 11.8 Å². The van der Waals surface area contributed by atoms with E-state index in [4.69, 9.17) is 9.47 Å². The summed E-state index contributed by atoms with van der Waals surface area (Å²) in [5.41, 5.74) is 4.21. The summed E-state index contributed by atoms with van der Waals surface area (Å²) in [7, 11) is 0.128. The number of ether oxygens (including phenoxy) is 2. The van der Waals surface area contributed by atoms with E-state index >= 15 is 0 Å². The van der Waals surface area contributed by atoms with Gasteiger partial charge in [0, 0.05) is 13.1 Å². The third kappa shape index (κ3) is 5.30. The number of hydrogen-bond acceptors (Lipinski definition) is 6. The first-order valence-corrected chi connectivity index (χ1v) is 9.79. The lowest BCUT2D eigenvalue weighted by molar-refractivity contribution is -0.121. The van der Waals surface area contributed by atoms with Crippen LogP contribution in [0.4, 0.5) is 0 Å². The van der Waals surface area contributed by atoms with Crippen molar-refractivity contribution < 1.29 is 22.7 Å². The minimum absolute atomic E-state index is 0.0899. The second kappa shape index (κ2) is 9.34. The number of amides is 1. The molecule has 0 radical (unpaired) electrons. The van der Waals surface area contributed by atoms with E-state index in [0.29, 0.717) is 5.75 Å². The number of carbonyl (C=O) groups is 1. The van der Waals surface area contributed by atoms with E-state index < -0.39 is 22.5 Å². The fraction of sp³-hybridized carbons (Fsp3) is 0.263. The van der Waals surface area contributed by atoms with Crippen molar-refractivity contribution in [3.8, 4) is 11.5 Å². The molecule has 0 saturated heterocycles. The van der Waals surface area contributed by atoms with Crippen molar-refractivity contribution in [3.63, 3.8) is 0 Å². The fourth-order valence-electron chi connectivity index (χ4n) is 2.41. The Balaban J connectivity index is 2.08. The number of likely N-dealkylation sites (N-methyl/N-ethyl adjacent to an activating group) is 1. The van der Waals surface area contributed by atoms with Crippen LogP contribution in [-0.2, 0) is 14.8 Å². The van der Waals surface area contributed by atoms with Crippen LogP contribution in [0.3, 0.4) is 0 Å². The highest BCUT2D eigenvalue weighted by Gasteiger charge is 2.27. The predicted molar refractivity (Wildman–Crippen MR) is 106 cm³/mol. The highest BCUT2D eigenvalue weighted by atomic mass is 32.2. The van der Waals surface area contributed by atoms with E-state index in [-0.39, 0.29) is 10.6 Å². The lowest BCUT2D eigenvalue weighted by Gasteiger charge is -2.18. The van der Waals surface area contributed by atoms with Crippen LogP contribution in [0.1, 0.15) is 11.1 Å². The molecule has 2 aromatic carbocycles. The van der Waals surface area contributed by atoms with Gasteiger partial charge in [0.05, 0.1) is 27.0 Å². The third-order valence-corrected chi connectivity index (χ3v) is 5.69. The molecule has 9 heteroatoms. The van der Waals surface area contributed by atoms with Crippen LogP contribution in [0.2, 0.25) is 0 Å². The minimum Gasteiger partial charge on any atom is -0.497 e. The third-order valence-electron chi connectivity index (χ3n) is 3.87. The summed E-state index contributed by atoms with van der Waals surface area (Å²) < 4.78 is 36.8. The number of aryl methyl sites for hydroxylation is 1. The molecule has 150 valence electrons. The lowest BCUT2D eigenvalue weighted by Crippen LogP contribution is -2.36. The average Bonchev–Trinajstić information content (AvgIpc) is 2.67. The van der Waals surface area contributed by atoms with E-state index in [1.165, 1.54) is 39.6 Å². The maximum absolute atomic E-state index is 12.8. The van der Waals surface area contributed by atoms with Gasteiger partial charge in [0.15, 0.2) is 0 Å². The van der Waals surface area contributed by atoms with Gasteiger partial charge in [-0.05, 0) is 24.6 Å². The number of rotatable bonds is 8. The number of hydrogen-bond donors (Lipinski definition) is 1.